The van der Waals surface area contributed by atoms with E-state index in [1.165, 1.54) is 0 Å². The van der Waals surface area contributed by atoms with Crippen molar-refractivity contribution in [3.8, 4) is 0 Å². The predicted octanol–water partition coefficient (Wildman–Crippen LogP) is 3.93. The Kier molecular flexibility index (Phi) is 4.41. The monoisotopic (exact) mass is 377 g/mol. The average Bonchev–Trinajstić information content (AvgIpc) is 2.87. The number of hydrogen-bond acceptors (Lipinski definition) is 3. The molecule has 0 bridgehead atoms. The van der Waals surface area contributed by atoms with E-state index in [9.17, 15) is 0 Å². The Morgan fingerprint density at radius 1 is 1.53 bits per heavy atom. The fourth-order valence-electron chi connectivity index (χ4n) is 1.67. The lowest BCUT2D eigenvalue weighted by Crippen LogP contribution is -2.16. The van der Waals surface area contributed by atoms with Crippen LogP contribution in [0.3, 0.4) is 0 Å². The van der Waals surface area contributed by atoms with Gasteiger partial charge in [0, 0.05) is 28.3 Å². The molecule has 0 aliphatic rings. The second-order valence-corrected chi connectivity index (χ2v) is 6.98. The topological polar surface area (TPSA) is 43.8 Å². The van der Waals surface area contributed by atoms with Gasteiger partial charge in [0.25, 0.3) is 0 Å². The van der Waals surface area contributed by atoms with Crippen molar-refractivity contribution < 1.29 is 0 Å². The van der Waals surface area contributed by atoms with E-state index >= 15 is 0 Å². The first-order valence-corrected chi connectivity index (χ1v) is 7.75. The first-order valence-electron chi connectivity index (χ1n) is 5.34. The summed E-state index contributed by atoms with van der Waals surface area (Å²) in [5.74, 6) is 0.924. The molecule has 0 saturated heterocycles. The Balaban J connectivity index is 2.29. The molecule has 17 heavy (non-hydrogen) atoms. The van der Waals surface area contributed by atoms with Gasteiger partial charge in [-0.2, -0.15) is 0 Å². The molecular formula is C11H13Br2N3S. The first-order chi connectivity index (χ1) is 8.13. The maximum atomic E-state index is 6.26. The summed E-state index contributed by atoms with van der Waals surface area (Å²) in [5.41, 5.74) is 6.26. The van der Waals surface area contributed by atoms with Crippen LogP contribution in [0.1, 0.15) is 30.1 Å². The molecule has 2 N–H and O–H groups in total. The van der Waals surface area contributed by atoms with Crippen LogP contribution in [0.15, 0.2) is 26.7 Å². The van der Waals surface area contributed by atoms with E-state index in [2.05, 4.69) is 48.3 Å². The van der Waals surface area contributed by atoms with Crippen molar-refractivity contribution in [3.05, 3.63) is 37.4 Å². The largest absolute Gasteiger partial charge is 0.333 e. The van der Waals surface area contributed by atoms with Gasteiger partial charge in [0.1, 0.15) is 5.82 Å². The Morgan fingerprint density at radius 3 is 2.88 bits per heavy atom. The molecule has 0 spiro atoms. The second-order valence-electron chi connectivity index (χ2n) is 3.73. The summed E-state index contributed by atoms with van der Waals surface area (Å²) < 4.78 is 4.23. The third-order valence-corrected chi connectivity index (χ3v) is 5.80. The van der Waals surface area contributed by atoms with Crippen LogP contribution in [-0.4, -0.2) is 9.55 Å². The summed E-state index contributed by atoms with van der Waals surface area (Å²) in [4.78, 5) is 5.47. The van der Waals surface area contributed by atoms with Crippen LogP contribution in [0.5, 0.6) is 0 Å². The number of imidazole rings is 1. The van der Waals surface area contributed by atoms with Gasteiger partial charge in [-0.05, 0) is 44.3 Å². The van der Waals surface area contributed by atoms with Gasteiger partial charge in [-0.3, -0.25) is 0 Å². The molecule has 1 atom stereocenters. The van der Waals surface area contributed by atoms with Crippen LogP contribution in [0.4, 0.5) is 0 Å². The summed E-state index contributed by atoms with van der Waals surface area (Å²) in [7, 11) is 0. The number of aromatic nitrogens is 2. The number of halogens is 2. The molecule has 6 heteroatoms. The second kappa shape index (κ2) is 5.65. The van der Waals surface area contributed by atoms with Gasteiger partial charge in [0.2, 0.25) is 0 Å². The molecular weight excluding hydrogens is 366 g/mol. The summed E-state index contributed by atoms with van der Waals surface area (Å²) in [6.45, 7) is 3.10. The van der Waals surface area contributed by atoms with Crippen LogP contribution in [0.2, 0.25) is 0 Å². The maximum absolute atomic E-state index is 6.26. The average molecular weight is 379 g/mol. The molecule has 2 rings (SSSR count). The summed E-state index contributed by atoms with van der Waals surface area (Å²) in [5, 5.41) is 0. The maximum Gasteiger partial charge on any atom is 0.131 e. The Bertz CT molecular complexity index is 487. The minimum Gasteiger partial charge on any atom is -0.333 e. The molecule has 0 saturated carbocycles. The molecule has 0 radical (unpaired) electrons. The van der Waals surface area contributed by atoms with E-state index in [0.29, 0.717) is 0 Å². The lowest BCUT2D eigenvalue weighted by molar-refractivity contribution is 0.616. The molecule has 92 valence electrons. The highest BCUT2D eigenvalue weighted by Crippen LogP contribution is 2.36. The van der Waals surface area contributed by atoms with Gasteiger partial charge in [-0.15, -0.1) is 11.3 Å². The van der Waals surface area contributed by atoms with Crippen molar-refractivity contribution in [1.29, 1.82) is 0 Å². The lowest BCUT2D eigenvalue weighted by Gasteiger charge is -2.11. The Morgan fingerprint density at radius 2 is 2.29 bits per heavy atom. The van der Waals surface area contributed by atoms with Crippen LogP contribution >= 0.6 is 43.2 Å². The highest BCUT2D eigenvalue weighted by Gasteiger charge is 2.17. The fraction of sp³-hybridized carbons (Fsp3) is 0.364. The van der Waals surface area contributed by atoms with Crippen molar-refractivity contribution in [1.82, 2.24) is 9.55 Å². The van der Waals surface area contributed by atoms with E-state index in [0.717, 1.165) is 31.9 Å². The van der Waals surface area contributed by atoms with Gasteiger partial charge in [-0.1, -0.05) is 6.92 Å². The van der Waals surface area contributed by atoms with E-state index in [4.69, 9.17) is 5.73 Å². The molecule has 2 aromatic heterocycles. The first kappa shape index (κ1) is 13.3. The third kappa shape index (κ3) is 2.81. The normalized spacial score (nSPS) is 12.9. The highest BCUT2D eigenvalue weighted by atomic mass is 79.9. The van der Waals surface area contributed by atoms with Gasteiger partial charge in [0.05, 0.1) is 9.83 Å². The van der Waals surface area contributed by atoms with Gasteiger partial charge >= 0.3 is 0 Å². The number of nitrogens with two attached hydrogens (primary N) is 1. The minimum atomic E-state index is -0.163. The van der Waals surface area contributed by atoms with E-state index in [-0.39, 0.29) is 6.04 Å². The third-order valence-electron chi connectivity index (χ3n) is 2.46. The van der Waals surface area contributed by atoms with Gasteiger partial charge in [-0.25, -0.2) is 4.98 Å². The standard InChI is InChI=1S/C11H13Br2N3S/c1-2-4-16-5-3-15-11(16)9(14)8-6-7(12)10(13)17-8/h3,5-6,9H,2,4,14H2,1H3. The Labute approximate surface area is 121 Å². The zero-order valence-electron chi connectivity index (χ0n) is 9.36. The summed E-state index contributed by atoms with van der Waals surface area (Å²) in [6, 6.07) is 1.88. The number of thiophene rings is 1. The molecule has 3 nitrogen and oxygen atoms in total. The number of hydrogen-bond donors (Lipinski definition) is 1. The van der Waals surface area contributed by atoms with E-state index < -0.39 is 0 Å². The van der Waals surface area contributed by atoms with Crippen LogP contribution < -0.4 is 5.73 Å². The molecule has 2 heterocycles. The molecule has 0 fully saturated rings. The lowest BCUT2D eigenvalue weighted by atomic mass is 10.2. The number of nitrogens with zero attached hydrogens (tertiary/aromatic N) is 2. The molecule has 0 amide bonds. The molecule has 2 aromatic rings. The molecule has 0 aliphatic heterocycles. The van der Waals surface area contributed by atoms with Crippen molar-refractivity contribution in [2.45, 2.75) is 25.9 Å². The quantitative estimate of drug-likeness (QED) is 0.875. The van der Waals surface area contributed by atoms with Crippen molar-refractivity contribution >= 4 is 43.2 Å². The van der Waals surface area contributed by atoms with Gasteiger partial charge in [0.15, 0.2) is 0 Å². The number of aryl methyl sites for hydroxylation is 1. The fourth-order valence-corrected chi connectivity index (χ4v) is 3.76. The molecule has 0 aliphatic carbocycles. The van der Waals surface area contributed by atoms with Crippen LogP contribution in [0.25, 0.3) is 0 Å². The number of rotatable bonds is 4. The van der Waals surface area contributed by atoms with E-state index in [1.807, 2.05) is 18.5 Å². The van der Waals surface area contributed by atoms with Gasteiger partial charge < -0.3 is 10.3 Å². The predicted molar refractivity (Wildman–Crippen MR) is 78.3 cm³/mol. The van der Waals surface area contributed by atoms with Crippen molar-refractivity contribution in [2.75, 3.05) is 0 Å². The molecule has 1 unspecified atom stereocenters. The summed E-state index contributed by atoms with van der Waals surface area (Å²) >= 11 is 8.60. The van der Waals surface area contributed by atoms with Crippen LogP contribution in [0, 0.1) is 0 Å². The molecule has 0 aromatic carbocycles. The summed E-state index contributed by atoms with van der Waals surface area (Å²) in [6.07, 6.45) is 4.87. The highest BCUT2D eigenvalue weighted by molar-refractivity contribution is 9.13. The smallest absolute Gasteiger partial charge is 0.131 e. The SMILES string of the molecule is CCCn1ccnc1C(N)c1cc(Br)c(Br)s1. The van der Waals surface area contributed by atoms with Crippen LogP contribution in [-0.2, 0) is 6.54 Å². The van der Waals surface area contributed by atoms with E-state index in [1.54, 1.807) is 11.3 Å². The van der Waals surface area contributed by atoms with Crippen molar-refractivity contribution in [3.63, 3.8) is 0 Å². The minimum absolute atomic E-state index is 0.163. The zero-order chi connectivity index (χ0) is 12.4. The zero-order valence-corrected chi connectivity index (χ0v) is 13.3. The Hall–Kier alpha value is -0.170. The van der Waals surface area contributed by atoms with Crippen molar-refractivity contribution in [2.24, 2.45) is 5.73 Å².